The average Bonchev–Trinajstić information content (AvgIpc) is 3.31. The molecule has 0 saturated heterocycles. The lowest BCUT2D eigenvalue weighted by atomic mass is 10.0. The first-order valence-corrected chi connectivity index (χ1v) is 8.67. The molecule has 0 aliphatic rings. The Hall–Kier alpha value is -2.96. The van der Waals surface area contributed by atoms with Gasteiger partial charge in [0.25, 0.3) is 0 Å². The van der Waals surface area contributed by atoms with E-state index < -0.39 is 5.97 Å². The van der Waals surface area contributed by atoms with Crippen molar-refractivity contribution in [3.63, 3.8) is 0 Å². The summed E-state index contributed by atoms with van der Waals surface area (Å²) in [6.07, 6.45) is 1.89. The summed E-state index contributed by atoms with van der Waals surface area (Å²) in [7, 11) is 1.37. The Labute approximate surface area is 153 Å². The van der Waals surface area contributed by atoms with Gasteiger partial charge in [-0.3, -0.25) is 9.78 Å². The number of H-pyrrole nitrogens is 1. The molecule has 0 saturated carbocycles. The van der Waals surface area contributed by atoms with E-state index in [0.29, 0.717) is 22.6 Å². The number of rotatable bonds is 4. The number of esters is 1. The van der Waals surface area contributed by atoms with Crippen molar-refractivity contribution >= 4 is 5.97 Å². The molecule has 0 aliphatic carbocycles. The molecule has 0 amide bonds. The molecule has 0 aliphatic heterocycles. The summed E-state index contributed by atoms with van der Waals surface area (Å²) in [5, 5.41) is 11.6. The summed E-state index contributed by atoms with van der Waals surface area (Å²) in [4.78, 5) is 16.4. The number of aromatic amines is 1. The Morgan fingerprint density at radius 3 is 2.50 bits per heavy atom. The molecule has 2 heterocycles. The Balaban J connectivity index is 0.00000117. The zero-order chi connectivity index (χ0) is 19.3. The van der Waals surface area contributed by atoms with Gasteiger partial charge in [0.05, 0.1) is 18.4 Å². The Morgan fingerprint density at radius 1 is 1.23 bits per heavy atom. The number of carbonyl (C=O) groups is 1. The third kappa shape index (κ3) is 3.99. The summed E-state index contributed by atoms with van der Waals surface area (Å²) < 4.78 is 6.74. The molecule has 0 atom stereocenters. The number of hydrogen-bond donors (Lipinski definition) is 1. The lowest BCUT2D eigenvalue weighted by Crippen LogP contribution is -2.05. The second-order valence-electron chi connectivity index (χ2n) is 5.77. The highest BCUT2D eigenvalue weighted by atomic mass is 16.5. The Kier molecular flexibility index (Phi) is 6.27. The van der Waals surface area contributed by atoms with Crippen molar-refractivity contribution in [3.05, 3.63) is 41.9 Å². The zero-order valence-corrected chi connectivity index (χ0v) is 16.1. The van der Waals surface area contributed by atoms with E-state index in [-0.39, 0.29) is 6.04 Å². The maximum Gasteiger partial charge on any atom is 0.338 e. The smallest absolute Gasteiger partial charge is 0.338 e. The summed E-state index contributed by atoms with van der Waals surface area (Å²) >= 11 is 0. The maximum absolute atomic E-state index is 12.1. The highest BCUT2D eigenvalue weighted by molar-refractivity contribution is 5.97. The van der Waals surface area contributed by atoms with Gasteiger partial charge in [-0.05, 0) is 39.0 Å². The van der Waals surface area contributed by atoms with Gasteiger partial charge < -0.3 is 4.74 Å². The normalized spacial score (nSPS) is 10.4. The molecule has 26 heavy (non-hydrogen) atoms. The van der Waals surface area contributed by atoms with Gasteiger partial charge in [-0.1, -0.05) is 19.9 Å². The first-order valence-electron chi connectivity index (χ1n) is 8.67. The van der Waals surface area contributed by atoms with Gasteiger partial charge in [0.1, 0.15) is 5.82 Å². The van der Waals surface area contributed by atoms with Crippen LogP contribution in [0, 0.1) is 6.92 Å². The van der Waals surface area contributed by atoms with E-state index in [2.05, 4.69) is 20.3 Å². The molecule has 3 rings (SSSR count). The van der Waals surface area contributed by atoms with Gasteiger partial charge in [0.2, 0.25) is 0 Å². The predicted octanol–water partition coefficient (Wildman–Crippen LogP) is 4.04. The van der Waals surface area contributed by atoms with E-state index in [0.717, 1.165) is 11.4 Å². The van der Waals surface area contributed by atoms with Crippen molar-refractivity contribution in [1.82, 2.24) is 25.0 Å². The molecule has 7 nitrogen and oxygen atoms in total. The molecule has 2 aromatic heterocycles. The fourth-order valence-electron chi connectivity index (χ4n) is 2.42. The number of ether oxygens (including phenoxy) is 1. The van der Waals surface area contributed by atoms with Crippen molar-refractivity contribution in [2.24, 2.45) is 0 Å². The minimum absolute atomic E-state index is 0.235. The van der Waals surface area contributed by atoms with Gasteiger partial charge >= 0.3 is 5.97 Å². The number of hydrogen-bond acceptors (Lipinski definition) is 5. The zero-order valence-electron chi connectivity index (χ0n) is 16.1. The van der Waals surface area contributed by atoms with E-state index >= 15 is 0 Å². The molecule has 7 heteroatoms. The van der Waals surface area contributed by atoms with Crippen LogP contribution >= 0.6 is 0 Å². The quantitative estimate of drug-likeness (QED) is 0.714. The number of nitrogens with one attached hydrogen (secondary N) is 1. The molecule has 0 radical (unpaired) electrons. The summed E-state index contributed by atoms with van der Waals surface area (Å²) in [6.45, 7) is 9.93. The van der Waals surface area contributed by atoms with Crippen LogP contribution in [0.1, 0.15) is 49.9 Å². The average molecular weight is 355 g/mol. The summed E-state index contributed by atoms with van der Waals surface area (Å²) in [6, 6.07) is 7.50. The van der Waals surface area contributed by atoms with Crippen LogP contribution in [0.15, 0.2) is 30.5 Å². The monoisotopic (exact) mass is 355 g/mol. The number of carbonyl (C=O) groups excluding carboxylic acids is 1. The second-order valence-corrected chi connectivity index (χ2v) is 5.77. The fourth-order valence-corrected chi connectivity index (χ4v) is 2.42. The van der Waals surface area contributed by atoms with Gasteiger partial charge in [-0.15, -0.1) is 0 Å². The van der Waals surface area contributed by atoms with Crippen LogP contribution in [-0.4, -0.2) is 38.0 Å². The van der Waals surface area contributed by atoms with Crippen molar-refractivity contribution in [3.8, 4) is 22.6 Å². The van der Waals surface area contributed by atoms with Crippen LogP contribution in [0.25, 0.3) is 22.6 Å². The minimum atomic E-state index is -0.401. The molecule has 0 spiro atoms. The number of aryl methyl sites for hydroxylation is 1. The van der Waals surface area contributed by atoms with Crippen molar-refractivity contribution < 1.29 is 9.53 Å². The number of aromatic nitrogens is 5. The highest BCUT2D eigenvalue weighted by Crippen LogP contribution is 2.28. The van der Waals surface area contributed by atoms with Crippen LogP contribution in [-0.2, 0) is 4.74 Å². The largest absolute Gasteiger partial charge is 0.465 e. The maximum atomic E-state index is 12.1. The standard InChI is InChI=1S/C17H19N5O2.C2H6/c1-10(2)22-8-7-15(21-22)14-9-12(16-18-11(3)19-20-16)5-6-13(14)17(23)24-4;1-2/h5-10H,1-4H3,(H,18,19,20);1-2H3. The summed E-state index contributed by atoms with van der Waals surface area (Å²) in [5.41, 5.74) is 2.67. The second kappa shape index (κ2) is 8.42. The Bertz CT molecular complexity index is 880. The minimum Gasteiger partial charge on any atom is -0.465 e. The van der Waals surface area contributed by atoms with Crippen LogP contribution in [0.5, 0.6) is 0 Å². The lowest BCUT2D eigenvalue weighted by molar-refractivity contribution is 0.0601. The van der Waals surface area contributed by atoms with Crippen LogP contribution in [0.3, 0.4) is 0 Å². The van der Waals surface area contributed by atoms with Gasteiger partial charge in [0.15, 0.2) is 5.82 Å². The molecular formula is C19H25N5O2. The topological polar surface area (TPSA) is 85.7 Å². The number of nitrogens with zero attached hydrogens (tertiary/aromatic N) is 4. The molecule has 138 valence electrons. The van der Waals surface area contributed by atoms with E-state index in [9.17, 15) is 4.79 Å². The van der Waals surface area contributed by atoms with Crippen molar-refractivity contribution in [2.45, 2.75) is 40.7 Å². The van der Waals surface area contributed by atoms with E-state index in [1.807, 2.05) is 57.6 Å². The molecule has 3 aromatic rings. The molecule has 1 aromatic carbocycles. The first-order chi connectivity index (χ1) is 12.5. The molecule has 0 unspecified atom stereocenters. The third-order valence-corrected chi connectivity index (χ3v) is 3.69. The van der Waals surface area contributed by atoms with E-state index in [1.54, 1.807) is 12.1 Å². The highest BCUT2D eigenvalue weighted by Gasteiger charge is 2.18. The SMILES string of the molecule is CC.COC(=O)c1ccc(-c2n[nH]c(C)n2)cc1-c1ccn(C(C)C)n1. The number of benzene rings is 1. The van der Waals surface area contributed by atoms with Crippen LogP contribution in [0.2, 0.25) is 0 Å². The van der Waals surface area contributed by atoms with Crippen LogP contribution in [0.4, 0.5) is 0 Å². The molecule has 1 N–H and O–H groups in total. The molecular weight excluding hydrogens is 330 g/mol. The van der Waals surface area contributed by atoms with Crippen LogP contribution < -0.4 is 0 Å². The lowest BCUT2D eigenvalue weighted by Gasteiger charge is -2.08. The van der Waals surface area contributed by atoms with E-state index in [4.69, 9.17) is 4.74 Å². The first kappa shape index (κ1) is 19.4. The molecule has 0 bridgehead atoms. The fraction of sp³-hybridized carbons (Fsp3) is 0.368. The van der Waals surface area contributed by atoms with Gasteiger partial charge in [0, 0.05) is 23.4 Å². The van der Waals surface area contributed by atoms with Gasteiger partial charge in [-0.25, -0.2) is 9.78 Å². The van der Waals surface area contributed by atoms with Gasteiger partial charge in [-0.2, -0.15) is 10.2 Å². The molecule has 0 fully saturated rings. The van der Waals surface area contributed by atoms with E-state index in [1.165, 1.54) is 7.11 Å². The Morgan fingerprint density at radius 2 is 1.96 bits per heavy atom. The third-order valence-electron chi connectivity index (χ3n) is 3.69. The van der Waals surface area contributed by atoms with Crippen molar-refractivity contribution in [1.29, 1.82) is 0 Å². The predicted molar refractivity (Wildman–Crippen MR) is 101 cm³/mol. The summed E-state index contributed by atoms with van der Waals surface area (Å²) in [5.74, 6) is 0.906. The number of methoxy groups -OCH3 is 1. The van der Waals surface area contributed by atoms with Crippen molar-refractivity contribution in [2.75, 3.05) is 7.11 Å².